The highest BCUT2D eigenvalue weighted by molar-refractivity contribution is 6.05. The minimum atomic E-state index is -0.459. The molecule has 0 atom stereocenters. The maximum atomic E-state index is 12.5. The molecule has 2 heterocycles. The third-order valence-electron chi connectivity index (χ3n) is 5.74. The highest BCUT2D eigenvalue weighted by Gasteiger charge is 2.12. The molecule has 0 unspecified atom stereocenters. The molecule has 11 nitrogen and oxygen atoms in total. The predicted octanol–water partition coefficient (Wildman–Crippen LogP) is 3.26. The molecule has 0 saturated heterocycles. The summed E-state index contributed by atoms with van der Waals surface area (Å²) in [5.41, 5.74) is 10.4. The molecule has 8 N–H and O–H groups in total. The first kappa shape index (κ1) is 23.7. The fraction of sp³-hybridized carbons (Fsp3) is 0.154. The molecular weight excluding hydrogens is 470 g/mol. The lowest BCUT2D eigenvalue weighted by Gasteiger charge is -2.13. The van der Waals surface area contributed by atoms with Crippen molar-refractivity contribution < 1.29 is 9.59 Å². The van der Waals surface area contributed by atoms with Gasteiger partial charge in [-0.15, -0.1) is 0 Å². The van der Waals surface area contributed by atoms with Crippen LogP contribution in [0, 0.1) is 0 Å². The summed E-state index contributed by atoms with van der Waals surface area (Å²) in [6.45, 7) is 3.19. The van der Waals surface area contributed by atoms with E-state index in [0.29, 0.717) is 28.4 Å². The number of urea groups is 2. The third-order valence-corrected chi connectivity index (χ3v) is 5.74. The predicted molar refractivity (Wildman–Crippen MR) is 148 cm³/mol. The van der Waals surface area contributed by atoms with Crippen LogP contribution in [-0.4, -0.2) is 49.9 Å². The van der Waals surface area contributed by atoms with Crippen LogP contribution in [0.3, 0.4) is 0 Å². The molecule has 5 rings (SSSR count). The zero-order valence-corrected chi connectivity index (χ0v) is 20.0. The summed E-state index contributed by atoms with van der Waals surface area (Å²) >= 11 is 0. The maximum absolute atomic E-state index is 12.5. The largest absolute Gasteiger partial charge is 0.397 e. The standard InChI is InChI=1S/C26H27N9O2/c27-21-10-9-20(34-25(36)32-18-5-1-16(2-6-18)23-28-11-12-29-23)15-22(21)35-26(37)33-19-7-3-17(4-8-19)24-30-13-14-31-24/h1-10,15H,11-14,27H2,(H,28,29)(H,30,31)(H2,32,34,36)(H2,33,35,37). The average Bonchev–Trinajstić information content (AvgIpc) is 3.62. The zero-order valence-electron chi connectivity index (χ0n) is 20.0. The van der Waals surface area contributed by atoms with Gasteiger partial charge in [0.2, 0.25) is 0 Å². The molecule has 3 aromatic rings. The summed E-state index contributed by atoms with van der Waals surface area (Å²) < 4.78 is 0. The van der Waals surface area contributed by atoms with Crippen LogP contribution in [0.5, 0.6) is 0 Å². The first-order chi connectivity index (χ1) is 18.0. The fourth-order valence-electron chi connectivity index (χ4n) is 3.93. The Bertz CT molecular complexity index is 1370. The topological polar surface area (TPSA) is 157 Å². The number of carbonyl (C=O) groups excluding carboxylic acids is 2. The quantitative estimate of drug-likeness (QED) is 0.260. The van der Waals surface area contributed by atoms with Crippen LogP contribution < -0.4 is 37.6 Å². The minimum absolute atomic E-state index is 0.362. The number of anilines is 5. The van der Waals surface area contributed by atoms with Gasteiger partial charge in [-0.1, -0.05) is 0 Å². The number of nitrogens with zero attached hydrogens (tertiary/aromatic N) is 2. The van der Waals surface area contributed by atoms with Gasteiger partial charge in [0.15, 0.2) is 0 Å². The molecule has 0 radical (unpaired) electrons. The first-order valence-corrected chi connectivity index (χ1v) is 11.9. The molecule has 188 valence electrons. The number of rotatable bonds is 6. The van der Waals surface area contributed by atoms with Crippen LogP contribution in [0.2, 0.25) is 0 Å². The number of amidine groups is 2. The maximum Gasteiger partial charge on any atom is 0.323 e. The van der Waals surface area contributed by atoms with Gasteiger partial charge in [-0.2, -0.15) is 0 Å². The van der Waals surface area contributed by atoms with Crippen molar-refractivity contribution in [1.29, 1.82) is 0 Å². The Morgan fingerprint density at radius 3 is 1.59 bits per heavy atom. The third kappa shape index (κ3) is 5.96. The van der Waals surface area contributed by atoms with Crippen molar-refractivity contribution in [3.8, 4) is 0 Å². The summed E-state index contributed by atoms with van der Waals surface area (Å²) in [4.78, 5) is 33.8. The van der Waals surface area contributed by atoms with E-state index in [4.69, 9.17) is 5.73 Å². The van der Waals surface area contributed by atoms with Crippen molar-refractivity contribution in [2.75, 3.05) is 53.2 Å². The number of aliphatic imine (C=N–C) groups is 2. The van der Waals surface area contributed by atoms with Gasteiger partial charge >= 0.3 is 12.1 Å². The van der Waals surface area contributed by atoms with E-state index in [1.807, 2.05) is 36.4 Å². The van der Waals surface area contributed by atoms with Crippen LogP contribution in [0.15, 0.2) is 76.7 Å². The monoisotopic (exact) mass is 497 g/mol. The highest BCUT2D eigenvalue weighted by atomic mass is 16.2. The van der Waals surface area contributed by atoms with Crippen LogP contribution in [0.4, 0.5) is 38.0 Å². The number of benzene rings is 3. The van der Waals surface area contributed by atoms with E-state index in [0.717, 1.165) is 49.0 Å². The van der Waals surface area contributed by atoms with Gasteiger partial charge in [0, 0.05) is 41.3 Å². The second kappa shape index (κ2) is 10.7. The molecule has 0 bridgehead atoms. The number of nitrogen functional groups attached to an aromatic ring is 1. The summed E-state index contributed by atoms with van der Waals surface area (Å²) in [6, 6.07) is 18.7. The molecule has 3 aromatic carbocycles. The molecule has 4 amide bonds. The van der Waals surface area contributed by atoms with Crippen molar-refractivity contribution in [3.63, 3.8) is 0 Å². The fourth-order valence-corrected chi connectivity index (χ4v) is 3.93. The van der Waals surface area contributed by atoms with Crippen LogP contribution >= 0.6 is 0 Å². The second-order valence-corrected chi connectivity index (χ2v) is 8.43. The van der Waals surface area contributed by atoms with Crippen molar-refractivity contribution in [3.05, 3.63) is 77.9 Å². The Labute approximate surface area is 213 Å². The number of hydrogen-bond acceptors (Lipinski definition) is 7. The Morgan fingerprint density at radius 2 is 1.11 bits per heavy atom. The molecule has 0 spiro atoms. The number of hydrogen-bond donors (Lipinski definition) is 7. The van der Waals surface area contributed by atoms with E-state index >= 15 is 0 Å². The number of nitrogens with two attached hydrogens (primary N) is 1. The molecule has 11 heteroatoms. The Balaban J connectivity index is 1.16. The first-order valence-electron chi connectivity index (χ1n) is 11.9. The summed E-state index contributed by atoms with van der Waals surface area (Å²) in [7, 11) is 0. The van der Waals surface area contributed by atoms with Gasteiger partial charge in [0.05, 0.1) is 24.5 Å². The summed E-state index contributed by atoms with van der Waals surface area (Å²) in [6.07, 6.45) is 0. The number of carbonyl (C=O) groups is 2. The van der Waals surface area contributed by atoms with Crippen LogP contribution in [-0.2, 0) is 0 Å². The summed E-state index contributed by atoms with van der Waals surface area (Å²) in [5, 5.41) is 17.5. The van der Waals surface area contributed by atoms with E-state index in [9.17, 15) is 9.59 Å². The van der Waals surface area contributed by atoms with Gasteiger partial charge in [-0.25, -0.2) is 9.59 Å². The molecule has 0 aliphatic carbocycles. The Kier molecular flexibility index (Phi) is 6.84. The molecule has 2 aliphatic rings. The Morgan fingerprint density at radius 1 is 0.649 bits per heavy atom. The van der Waals surface area contributed by atoms with Crippen LogP contribution in [0.25, 0.3) is 0 Å². The minimum Gasteiger partial charge on any atom is -0.397 e. The van der Waals surface area contributed by atoms with Gasteiger partial charge in [0.1, 0.15) is 11.7 Å². The van der Waals surface area contributed by atoms with Crippen molar-refractivity contribution >= 4 is 52.2 Å². The highest BCUT2D eigenvalue weighted by Crippen LogP contribution is 2.24. The van der Waals surface area contributed by atoms with Gasteiger partial charge < -0.3 is 37.6 Å². The lowest BCUT2D eigenvalue weighted by Crippen LogP contribution is -2.22. The van der Waals surface area contributed by atoms with E-state index in [1.165, 1.54) is 0 Å². The normalized spacial score (nSPS) is 14.1. The molecule has 0 aromatic heterocycles. The van der Waals surface area contributed by atoms with E-state index < -0.39 is 12.1 Å². The zero-order chi connectivity index (χ0) is 25.6. The van der Waals surface area contributed by atoms with Gasteiger partial charge in [0.25, 0.3) is 0 Å². The lowest BCUT2D eigenvalue weighted by molar-refractivity contribution is 0.261. The SMILES string of the molecule is Nc1ccc(NC(=O)Nc2ccc(C3=NCCN3)cc2)cc1NC(=O)Nc1ccc(C2=NCCN2)cc1. The summed E-state index contributed by atoms with van der Waals surface area (Å²) in [5.74, 6) is 1.71. The van der Waals surface area contributed by atoms with E-state index in [1.54, 1.807) is 30.3 Å². The van der Waals surface area contributed by atoms with Crippen molar-refractivity contribution in [2.24, 2.45) is 9.98 Å². The lowest BCUT2D eigenvalue weighted by atomic mass is 10.2. The average molecular weight is 498 g/mol. The molecular formula is C26H27N9O2. The Hall–Kier alpha value is -5.06. The van der Waals surface area contributed by atoms with Crippen molar-refractivity contribution in [2.45, 2.75) is 0 Å². The number of amides is 4. The van der Waals surface area contributed by atoms with Gasteiger partial charge in [-0.05, 0) is 66.7 Å². The molecule has 37 heavy (non-hydrogen) atoms. The number of nitrogens with one attached hydrogen (secondary N) is 6. The molecule has 0 fully saturated rings. The smallest absolute Gasteiger partial charge is 0.323 e. The van der Waals surface area contributed by atoms with Crippen molar-refractivity contribution in [1.82, 2.24) is 10.6 Å². The van der Waals surface area contributed by atoms with Gasteiger partial charge in [-0.3, -0.25) is 9.98 Å². The molecule has 0 saturated carbocycles. The molecule has 2 aliphatic heterocycles. The van der Waals surface area contributed by atoms with E-state index in [-0.39, 0.29) is 0 Å². The van der Waals surface area contributed by atoms with Crippen LogP contribution in [0.1, 0.15) is 11.1 Å². The second-order valence-electron chi connectivity index (χ2n) is 8.43. The van der Waals surface area contributed by atoms with E-state index in [2.05, 4.69) is 41.9 Å².